The van der Waals surface area contributed by atoms with Gasteiger partial charge in [-0.1, -0.05) is 13.3 Å². The Morgan fingerprint density at radius 2 is 2.17 bits per heavy atom. The number of nitrogens with zero attached hydrogens (tertiary/aromatic N) is 1. The first kappa shape index (κ1) is 15.8. The summed E-state index contributed by atoms with van der Waals surface area (Å²) in [6, 6.07) is 0. The van der Waals surface area contributed by atoms with Gasteiger partial charge in [0.15, 0.2) is 0 Å². The topological polar surface area (TPSA) is 29.5 Å². The summed E-state index contributed by atoms with van der Waals surface area (Å²) in [5, 5.41) is 0.832. The minimum atomic E-state index is -0.0436. The van der Waals surface area contributed by atoms with Crippen molar-refractivity contribution in [3.8, 4) is 0 Å². The summed E-state index contributed by atoms with van der Waals surface area (Å²) in [7, 11) is 0. The van der Waals surface area contributed by atoms with Gasteiger partial charge in [0.2, 0.25) is 0 Å². The van der Waals surface area contributed by atoms with Crippen molar-refractivity contribution >= 4 is 17.7 Å². The second-order valence-electron chi connectivity index (χ2n) is 4.82. The van der Waals surface area contributed by atoms with Crippen molar-refractivity contribution in [2.75, 3.05) is 32.0 Å². The highest BCUT2D eigenvalue weighted by Crippen LogP contribution is 2.21. The van der Waals surface area contributed by atoms with Crippen LogP contribution in [-0.4, -0.2) is 48.1 Å². The Balaban J connectivity index is 1.98. The number of thioether (sulfide) groups is 1. The number of carbonyl (C=O) groups excluding carboxylic acids is 1. The Kier molecular flexibility index (Phi) is 8.51. The van der Waals surface area contributed by atoms with Gasteiger partial charge < -0.3 is 9.64 Å². The second kappa shape index (κ2) is 9.68. The molecule has 1 heterocycles. The lowest BCUT2D eigenvalue weighted by molar-refractivity contribution is -0.143. The Bertz CT molecular complexity index is 236. The Labute approximate surface area is 116 Å². The molecule has 1 aliphatic rings. The summed E-state index contributed by atoms with van der Waals surface area (Å²) in [6.45, 7) is 8.32. The Morgan fingerprint density at radius 3 is 2.89 bits per heavy atom. The van der Waals surface area contributed by atoms with Crippen LogP contribution in [0.1, 0.15) is 46.0 Å². The molecule has 4 heteroatoms. The van der Waals surface area contributed by atoms with Crippen LogP contribution in [0.4, 0.5) is 0 Å². The zero-order valence-corrected chi connectivity index (χ0v) is 12.6. The van der Waals surface area contributed by atoms with Crippen LogP contribution in [-0.2, 0) is 9.53 Å². The fourth-order valence-corrected chi connectivity index (χ4v) is 3.49. The molecule has 0 N–H and O–H groups in total. The van der Waals surface area contributed by atoms with E-state index in [-0.39, 0.29) is 5.97 Å². The third-order valence-corrected chi connectivity index (χ3v) is 4.71. The molecule has 0 spiro atoms. The van der Waals surface area contributed by atoms with Crippen LogP contribution in [0.25, 0.3) is 0 Å². The first-order chi connectivity index (χ1) is 8.76. The average molecular weight is 273 g/mol. The first-order valence-corrected chi connectivity index (χ1v) is 8.30. The predicted octanol–water partition coefficient (Wildman–Crippen LogP) is 2.94. The van der Waals surface area contributed by atoms with Crippen molar-refractivity contribution < 1.29 is 9.53 Å². The molecule has 18 heavy (non-hydrogen) atoms. The van der Waals surface area contributed by atoms with Gasteiger partial charge in [-0.05, 0) is 32.7 Å². The fourth-order valence-electron chi connectivity index (χ4n) is 2.25. The standard InChI is InChI=1S/C14H27NO2S/c1-3-13-12-15(10-11-18-13)9-7-5-6-8-14(16)17-4-2/h13H,3-12H2,1-2H3. The molecule has 1 unspecified atom stereocenters. The highest BCUT2D eigenvalue weighted by molar-refractivity contribution is 8.00. The van der Waals surface area contributed by atoms with Crippen LogP contribution < -0.4 is 0 Å². The van der Waals surface area contributed by atoms with Gasteiger partial charge in [-0.25, -0.2) is 0 Å². The molecule has 1 aliphatic heterocycles. The van der Waals surface area contributed by atoms with Crippen LogP contribution in [0.15, 0.2) is 0 Å². The van der Waals surface area contributed by atoms with Crippen LogP contribution in [0.5, 0.6) is 0 Å². The van der Waals surface area contributed by atoms with Crippen LogP contribution >= 0.6 is 11.8 Å². The Hall–Kier alpha value is -0.220. The Morgan fingerprint density at radius 1 is 1.33 bits per heavy atom. The molecule has 0 aromatic carbocycles. The maximum Gasteiger partial charge on any atom is 0.305 e. The van der Waals surface area contributed by atoms with Crippen molar-refractivity contribution in [3.63, 3.8) is 0 Å². The van der Waals surface area contributed by atoms with Gasteiger partial charge in [-0.3, -0.25) is 4.79 Å². The van der Waals surface area contributed by atoms with Gasteiger partial charge >= 0.3 is 5.97 Å². The van der Waals surface area contributed by atoms with E-state index < -0.39 is 0 Å². The minimum Gasteiger partial charge on any atom is -0.466 e. The largest absolute Gasteiger partial charge is 0.466 e. The van der Waals surface area contributed by atoms with Gasteiger partial charge in [0.1, 0.15) is 0 Å². The molecule has 0 saturated carbocycles. The third-order valence-electron chi connectivity index (χ3n) is 3.34. The van der Waals surface area contributed by atoms with E-state index in [9.17, 15) is 4.79 Å². The summed E-state index contributed by atoms with van der Waals surface area (Å²) in [4.78, 5) is 13.7. The summed E-state index contributed by atoms with van der Waals surface area (Å²) >= 11 is 2.12. The molecule has 0 radical (unpaired) electrons. The van der Waals surface area contributed by atoms with E-state index in [1.807, 2.05) is 6.92 Å². The van der Waals surface area contributed by atoms with Gasteiger partial charge in [0.25, 0.3) is 0 Å². The fraction of sp³-hybridized carbons (Fsp3) is 0.929. The first-order valence-electron chi connectivity index (χ1n) is 7.25. The predicted molar refractivity (Wildman–Crippen MR) is 78.1 cm³/mol. The lowest BCUT2D eigenvalue weighted by atomic mass is 10.2. The number of hydrogen-bond acceptors (Lipinski definition) is 4. The van der Waals surface area contributed by atoms with Crippen LogP contribution in [0, 0.1) is 0 Å². The summed E-state index contributed by atoms with van der Waals surface area (Å²) in [5.74, 6) is 1.24. The number of carbonyl (C=O) groups is 1. The van der Waals surface area contributed by atoms with Crippen molar-refractivity contribution in [1.82, 2.24) is 4.90 Å². The van der Waals surface area contributed by atoms with Gasteiger partial charge in [0.05, 0.1) is 6.61 Å². The molecule has 106 valence electrons. The van der Waals surface area contributed by atoms with E-state index in [1.165, 1.54) is 38.2 Å². The molecule has 0 aliphatic carbocycles. The monoisotopic (exact) mass is 273 g/mol. The highest BCUT2D eigenvalue weighted by Gasteiger charge is 2.17. The smallest absolute Gasteiger partial charge is 0.305 e. The lowest BCUT2D eigenvalue weighted by Gasteiger charge is -2.31. The zero-order chi connectivity index (χ0) is 13.2. The minimum absolute atomic E-state index is 0.0436. The SMILES string of the molecule is CCOC(=O)CCCCCN1CCSC(CC)C1. The summed E-state index contributed by atoms with van der Waals surface area (Å²) in [6.07, 6.45) is 5.18. The van der Waals surface area contributed by atoms with Crippen LogP contribution in [0.2, 0.25) is 0 Å². The van der Waals surface area contributed by atoms with E-state index in [4.69, 9.17) is 4.74 Å². The van der Waals surface area contributed by atoms with Gasteiger partial charge in [-0.15, -0.1) is 0 Å². The number of hydrogen-bond donors (Lipinski definition) is 0. The molecular weight excluding hydrogens is 246 g/mol. The summed E-state index contributed by atoms with van der Waals surface area (Å²) < 4.78 is 4.91. The number of esters is 1. The second-order valence-corrected chi connectivity index (χ2v) is 6.23. The van der Waals surface area contributed by atoms with Crippen molar-refractivity contribution in [1.29, 1.82) is 0 Å². The average Bonchev–Trinajstić information content (AvgIpc) is 2.39. The van der Waals surface area contributed by atoms with E-state index in [2.05, 4.69) is 23.6 Å². The molecule has 1 saturated heterocycles. The van der Waals surface area contributed by atoms with E-state index >= 15 is 0 Å². The van der Waals surface area contributed by atoms with Crippen molar-refractivity contribution in [2.24, 2.45) is 0 Å². The molecular formula is C14H27NO2S. The molecule has 0 aromatic rings. The normalized spacial score (nSPS) is 20.9. The maximum atomic E-state index is 11.2. The van der Waals surface area contributed by atoms with E-state index in [0.29, 0.717) is 13.0 Å². The molecule has 0 amide bonds. The van der Waals surface area contributed by atoms with Crippen molar-refractivity contribution in [2.45, 2.75) is 51.2 Å². The molecule has 0 bridgehead atoms. The molecule has 1 atom stereocenters. The summed E-state index contributed by atoms with van der Waals surface area (Å²) in [5.41, 5.74) is 0. The van der Waals surface area contributed by atoms with E-state index in [0.717, 1.165) is 18.1 Å². The van der Waals surface area contributed by atoms with Crippen LogP contribution in [0.3, 0.4) is 0 Å². The van der Waals surface area contributed by atoms with E-state index in [1.54, 1.807) is 0 Å². The zero-order valence-electron chi connectivity index (χ0n) is 11.8. The number of ether oxygens (including phenoxy) is 1. The lowest BCUT2D eigenvalue weighted by Crippen LogP contribution is -2.38. The molecule has 1 rings (SSSR count). The molecule has 0 aromatic heterocycles. The van der Waals surface area contributed by atoms with Gasteiger partial charge in [-0.2, -0.15) is 11.8 Å². The molecule has 3 nitrogen and oxygen atoms in total. The number of rotatable bonds is 8. The molecule has 1 fully saturated rings. The van der Waals surface area contributed by atoms with Crippen molar-refractivity contribution in [3.05, 3.63) is 0 Å². The highest BCUT2D eigenvalue weighted by atomic mass is 32.2. The maximum absolute atomic E-state index is 11.2. The number of unbranched alkanes of at least 4 members (excludes halogenated alkanes) is 2. The quantitative estimate of drug-likeness (QED) is 0.502. The van der Waals surface area contributed by atoms with Gasteiger partial charge in [0, 0.05) is 30.5 Å². The third kappa shape index (κ3) is 6.64.